The van der Waals surface area contributed by atoms with Crippen molar-refractivity contribution in [3.63, 3.8) is 0 Å². The lowest BCUT2D eigenvalue weighted by atomic mass is 9.96. The maximum atomic E-state index is 12.0. The van der Waals surface area contributed by atoms with Crippen molar-refractivity contribution in [2.75, 3.05) is 32.8 Å². The Bertz CT molecular complexity index is 540. The molecule has 1 amide bonds. The summed E-state index contributed by atoms with van der Waals surface area (Å²) >= 11 is 0. The minimum Gasteiger partial charge on any atom is -0.484 e. The molecule has 0 aromatic heterocycles. The van der Waals surface area contributed by atoms with Crippen molar-refractivity contribution < 1.29 is 14.6 Å². The van der Waals surface area contributed by atoms with Crippen molar-refractivity contribution in [3.8, 4) is 5.75 Å². The van der Waals surface area contributed by atoms with E-state index in [1.165, 1.54) is 5.56 Å². The number of amides is 1. The number of likely N-dealkylation sites (tertiary alicyclic amines) is 2. The summed E-state index contributed by atoms with van der Waals surface area (Å²) in [5.41, 5.74) is 1.23. The Balaban J connectivity index is 1.45. The molecule has 132 valence electrons. The first-order chi connectivity index (χ1) is 11.6. The number of carbonyl (C=O) groups excluding carboxylic acids is 1. The Morgan fingerprint density at radius 3 is 2.58 bits per heavy atom. The molecule has 0 radical (unpaired) electrons. The van der Waals surface area contributed by atoms with Gasteiger partial charge in [0.05, 0.1) is 6.10 Å². The third-order valence-electron chi connectivity index (χ3n) is 5.09. The molecular weight excluding hydrogens is 304 g/mol. The number of rotatable bonds is 5. The van der Waals surface area contributed by atoms with Crippen LogP contribution >= 0.6 is 0 Å². The third-order valence-corrected chi connectivity index (χ3v) is 5.09. The largest absolute Gasteiger partial charge is 0.484 e. The van der Waals surface area contributed by atoms with Gasteiger partial charge in [-0.25, -0.2) is 0 Å². The second-order valence-corrected chi connectivity index (χ2v) is 7.09. The molecule has 24 heavy (non-hydrogen) atoms. The molecular formula is C19H28N2O3. The molecule has 1 aromatic carbocycles. The fourth-order valence-electron chi connectivity index (χ4n) is 3.52. The van der Waals surface area contributed by atoms with E-state index in [-0.39, 0.29) is 18.6 Å². The third kappa shape index (κ3) is 4.48. The van der Waals surface area contributed by atoms with Gasteiger partial charge in [0, 0.05) is 32.7 Å². The molecule has 0 aliphatic carbocycles. The van der Waals surface area contributed by atoms with Crippen LogP contribution in [0.5, 0.6) is 5.75 Å². The summed E-state index contributed by atoms with van der Waals surface area (Å²) in [7, 11) is 0. The maximum absolute atomic E-state index is 12.0. The molecule has 2 saturated heterocycles. The Hall–Kier alpha value is -1.59. The first-order valence-corrected chi connectivity index (χ1v) is 9.02. The highest BCUT2D eigenvalue weighted by molar-refractivity contribution is 5.78. The molecule has 2 aliphatic heterocycles. The predicted octanol–water partition coefficient (Wildman–Crippen LogP) is 1.89. The lowest BCUT2D eigenvalue weighted by Crippen LogP contribution is -2.41. The van der Waals surface area contributed by atoms with E-state index in [2.05, 4.69) is 24.0 Å². The van der Waals surface area contributed by atoms with Crippen molar-refractivity contribution >= 4 is 5.91 Å². The molecule has 0 saturated carbocycles. The van der Waals surface area contributed by atoms with Crippen LogP contribution in [0.4, 0.5) is 0 Å². The van der Waals surface area contributed by atoms with Gasteiger partial charge in [-0.3, -0.25) is 9.69 Å². The minimum absolute atomic E-state index is 0.0810. The van der Waals surface area contributed by atoms with Crippen LogP contribution in [-0.2, 0) is 11.3 Å². The number of nitrogens with zero attached hydrogens (tertiary/aromatic N) is 2. The zero-order valence-electron chi connectivity index (χ0n) is 14.5. The summed E-state index contributed by atoms with van der Waals surface area (Å²) in [6, 6.07) is 8.00. The molecule has 0 spiro atoms. The average molecular weight is 332 g/mol. The first kappa shape index (κ1) is 17.2. The lowest BCUT2D eigenvalue weighted by Gasteiger charge is -2.34. The van der Waals surface area contributed by atoms with Crippen LogP contribution in [-0.4, -0.2) is 59.7 Å². The fraction of sp³-hybridized carbons (Fsp3) is 0.632. The van der Waals surface area contributed by atoms with E-state index in [4.69, 9.17) is 4.74 Å². The molecule has 5 heteroatoms. The van der Waals surface area contributed by atoms with Crippen molar-refractivity contribution in [2.45, 2.75) is 38.8 Å². The Labute approximate surface area is 144 Å². The number of piperidine rings is 1. The van der Waals surface area contributed by atoms with Crippen LogP contribution in [0, 0.1) is 5.92 Å². The normalized spacial score (nSPS) is 25.0. The van der Waals surface area contributed by atoms with Crippen LogP contribution in [0.25, 0.3) is 0 Å². The van der Waals surface area contributed by atoms with Gasteiger partial charge in [0.2, 0.25) is 0 Å². The molecule has 0 bridgehead atoms. The van der Waals surface area contributed by atoms with E-state index in [0.29, 0.717) is 5.92 Å². The second-order valence-electron chi connectivity index (χ2n) is 7.09. The van der Waals surface area contributed by atoms with Gasteiger partial charge in [-0.15, -0.1) is 0 Å². The summed E-state index contributed by atoms with van der Waals surface area (Å²) in [4.78, 5) is 16.2. The number of hydrogen-bond acceptors (Lipinski definition) is 4. The topological polar surface area (TPSA) is 53.0 Å². The maximum Gasteiger partial charge on any atom is 0.260 e. The number of ether oxygens (including phenoxy) is 1. The summed E-state index contributed by atoms with van der Waals surface area (Å²) in [5, 5.41) is 9.81. The van der Waals surface area contributed by atoms with Crippen LogP contribution in [0.3, 0.4) is 0 Å². The van der Waals surface area contributed by atoms with E-state index < -0.39 is 0 Å². The molecule has 2 fully saturated rings. The van der Waals surface area contributed by atoms with E-state index in [1.807, 2.05) is 17.0 Å². The monoisotopic (exact) mass is 332 g/mol. The molecule has 2 unspecified atom stereocenters. The van der Waals surface area contributed by atoms with E-state index in [0.717, 1.165) is 57.7 Å². The number of aliphatic hydroxyl groups is 1. The Morgan fingerprint density at radius 2 is 1.92 bits per heavy atom. The minimum atomic E-state index is -0.162. The summed E-state index contributed by atoms with van der Waals surface area (Å²) < 4.78 is 5.62. The van der Waals surface area contributed by atoms with E-state index >= 15 is 0 Å². The van der Waals surface area contributed by atoms with Crippen molar-refractivity contribution in [1.29, 1.82) is 0 Å². The highest BCUT2D eigenvalue weighted by atomic mass is 16.5. The van der Waals surface area contributed by atoms with Crippen LogP contribution in [0.15, 0.2) is 24.3 Å². The highest BCUT2D eigenvalue weighted by Crippen LogP contribution is 2.20. The standard InChI is InChI=1S/C19H28N2O3/c1-15-12-20(11-8-18(15)22)13-16-4-6-17(7-5-16)24-14-19(23)21-9-2-3-10-21/h4-7,15,18,22H,2-3,8-14H2,1H3. The molecule has 2 aliphatic rings. The van der Waals surface area contributed by atoms with E-state index in [9.17, 15) is 9.90 Å². The number of aliphatic hydroxyl groups excluding tert-OH is 1. The smallest absolute Gasteiger partial charge is 0.260 e. The lowest BCUT2D eigenvalue weighted by molar-refractivity contribution is -0.132. The van der Waals surface area contributed by atoms with Gasteiger partial charge in [-0.05, 0) is 42.9 Å². The van der Waals surface area contributed by atoms with Crippen molar-refractivity contribution in [2.24, 2.45) is 5.92 Å². The SMILES string of the molecule is CC1CN(Cc2ccc(OCC(=O)N3CCCC3)cc2)CCC1O. The van der Waals surface area contributed by atoms with Crippen molar-refractivity contribution in [3.05, 3.63) is 29.8 Å². The van der Waals surface area contributed by atoms with Gasteiger partial charge in [0.1, 0.15) is 5.75 Å². The zero-order valence-corrected chi connectivity index (χ0v) is 14.5. The van der Waals surface area contributed by atoms with Crippen LogP contribution in [0.1, 0.15) is 31.7 Å². The molecule has 1 aromatic rings. The fourth-order valence-corrected chi connectivity index (χ4v) is 3.52. The molecule has 5 nitrogen and oxygen atoms in total. The molecule has 2 heterocycles. The second kappa shape index (κ2) is 7.99. The highest BCUT2D eigenvalue weighted by Gasteiger charge is 2.24. The average Bonchev–Trinajstić information content (AvgIpc) is 3.12. The van der Waals surface area contributed by atoms with Gasteiger partial charge >= 0.3 is 0 Å². The molecule has 3 rings (SSSR count). The van der Waals surface area contributed by atoms with Gasteiger partial charge in [0.25, 0.3) is 5.91 Å². The first-order valence-electron chi connectivity index (χ1n) is 9.02. The number of benzene rings is 1. The predicted molar refractivity (Wildman–Crippen MR) is 92.8 cm³/mol. The van der Waals surface area contributed by atoms with E-state index in [1.54, 1.807) is 0 Å². The van der Waals surface area contributed by atoms with Crippen LogP contribution < -0.4 is 4.74 Å². The van der Waals surface area contributed by atoms with Gasteiger partial charge in [-0.1, -0.05) is 19.1 Å². The summed E-state index contributed by atoms with van der Waals surface area (Å²) in [6.07, 6.45) is 2.89. The van der Waals surface area contributed by atoms with Gasteiger partial charge < -0.3 is 14.7 Å². The Morgan fingerprint density at radius 1 is 1.21 bits per heavy atom. The Kier molecular flexibility index (Phi) is 5.74. The quantitative estimate of drug-likeness (QED) is 0.895. The summed E-state index contributed by atoms with van der Waals surface area (Å²) in [5.74, 6) is 1.16. The zero-order chi connectivity index (χ0) is 16.9. The van der Waals surface area contributed by atoms with Crippen molar-refractivity contribution in [1.82, 2.24) is 9.80 Å². The van der Waals surface area contributed by atoms with Gasteiger partial charge in [-0.2, -0.15) is 0 Å². The molecule has 2 atom stereocenters. The van der Waals surface area contributed by atoms with Gasteiger partial charge in [0.15, 0.2) is 6.61 Å². The molecule has 1 N–H and O–H groups in total. The summed E-state index contributed by atoms with van der Waals surface area (Å²) in [6.45, 7) is 6.72. The van der Waals surface area contributed by atoms with Crippen LogP contribution in [0.2, 0.25) is 0 Å². The number of hydrogen-bond donors (Lipinski definition) is 1. The number of carbonyl (C=O) groups is 1.